The number of non-ortho nitro benzene ring substituents is 1. The van der Waals surface area contributed by atoms with Crippen LogP contribution in [-0.2, 0) is 5.33 Å². The fraction of sp³-hybridized carbons (Fsp3) is 0.200. The number of halogens is 1. The van der Waals surface area contributed by atoms with E-state index in [1.54, 1.807) is 12.3 Å². The number of ether oxygens (including phenoxy) is 1. The predicted molar refractivity (Wildman–Crippen MR) is 67.2 cm³/mol. The van der Waals surface area contributed by atoms with Gasteiger partial charge in [-0.05, 0) is 6.07 Å². The molecule has 0 aliphatic heterocycles. The number of hydrogen-bond donors (Lipinski definition) is 0. The molecule has 2 aromatic rings. The molecular formula is C10H9BrN4O3. The third-order valence-electron chi connectivity index (χ3n) is 2.30. The third-order valence-corrected chi connectivity index (χ3v) is 2.87. The van der Waals surface area contributed by atoms with Gasteiger partial charge < -0.3 is 4.74 Å². The van der Waals surface area contributed by atoms with Gasteiger partial charge in [-0.2, -0.15) is 0 Å². The van der Waals surface area contributed by atoms with Crippen LogP contribution >= 0.6 is 15.9 Å². The van der Waals surface area contributed by atoms with Crippen LogP contribution < -0.4 is 4.74 Å². The van der Waals surface area contributed by atoms with Crippen molar-refractivity contribution in [2.24, 2.45) is 0 Å². The molecule has 0 aliphatic carbocycles. The van der Waals surface area contributed by atoms with Gasteiger partial charge in [-0.1, -0.05) is 21.1 Å². The Morgan fingerprint density at radius 2 is 2.33 bits per heavy atom. The van der Waals surface area contributed by atoms with Gasteiger partial charge in [0.05, 0.1) is 30.0 Å². The van der Waals surface area contributed by atoms with Crippen LogP contribution in [0.15, 0.2) is 24.4 Å². The molecule has 1 aromatic heterocycles. The second kappa shape index (κ2) is 5.13. The summed E-state index contributed by atoms with van der Waals surface area (Å²) in [6, 6.07) is 4.32. The summed E-state index contributed by atoms with van der Waals surface area (Å²) < 4.78 is 6.64. The van der Waals surface area contributed by atoms with Crippen LogP contribution in [-0.4, -0.2) is 27.0 Å². The molecule has 0 atom stereocenters. The molecule has 0 saturated carbocycles. The molecule has 94 valence electrons. The predicted octanol–water partition coefficient (Wildman–Crippen LogP) is 2.08. The number of methoxy groups -OCH3 is 1. The van der Waals surface area contributed by atoms with E-state index < -0.39 is 4.92 Å². The molecule has 7 nitrogen and oxygen atoms in total. The smallest absolute Gasteiger partial charge is 0.273 e. The van der Waals surface area contributed by atoms with Crippen molar-refractivity contribution in [1.29, 1.82) is 0 Å². The Bertz CT molecular complexity index is 584. The maximum Gasteiger partial charge on any atom is 0.273 e. The Morgan fingerprint density at radius 3 is 2.89 bits per heavy atom. The molecular weight excluding hydrogens is 304 g/mol. The van der Waals surface area contributed by atoms with Crippen molar-refractivity contribution in [3.8, 4) is 11.4 Å². The standard InChI is InChI=1S/C10H9BrN4O3/c1-18-10-4-8(15(16)17)2-3-9(10)14-6-7(5-11)12-13-14/h2-4,6H,5H2,1H3. The molecule has 0 spiro atoms. The topological polar surface area (TPSA) is 83.1 Å². The van der Waals surface area contributed by atoms with E-state index in [0.717, 1.165) is 5.69 Å². The molecule has 0 amide bonds. The first-order valence-corrected chi connectivity index (χ1v) is 6.08. The number of alkyl halides is 1. The highest BCUT2D eigenvalue weighted by atomic mass is 79.9. The van der Waals surface area contributed by atoms with Gasteiger partial charge >= 0.3 is 0 Å². The lowest BCUT2D eigenvalue weighted by Crippen LogP contribution is -2.00. The molecule has 18 heavy (non-hydrogen) atoms. The van der Waals surface area contributed by atoms with Crippen molar-refractivity contribution in [2.75, 3.05) is 7.11 Å². The lowest BCUT2D eigenvalue weighted by molar-refractivity contribution is -0.384. The van der Waals surface area contributed by atoms with E-state index in [1.165, 1.54) is 23.9 Å². The number of aromatic nitrogens is 3. The summed E-state index contributed by atoms with van der Waals surface area (Å²) in [6.45, 7) is 0. The lowest BCUT2D eigenvalue weighted by atomic mass is 10.2. The van der Waals surface area contributed by atoms with Gasteiger partial charge in [-0.15, -0.1) is 5.10 Å². The second-order valence-electron chi connectivity index (χ2n) is 3.40. The largest absolute Gasteiger partial charge is 0.494 e. The zero-order valence-electron chi connectivity index (χ0n) is 9.41. The van der Waals surface area contributed by atoms with Crippen LogP contribution in [0, 0.1) is 10.1 Å². The van der Waals surface area contributed by atoms with Crippen LogP contribution in [0.3, 0.4) is 0 Å². The average molecular weight is 313 g/mol. The van der Waals surface area contributed by atoms with E-state index in [0.29, 0.717) is 16.8 Å². The highest BCUT2D eigenvalue weighted by Gasteiger charge is 2.13. The van der Waals surface area contributed by atoms with E-state index in [1.807, 2.05) is 0 Å². The molecule has 0 bridgehead atoms. The number of benzene rings is 1. The summed E-state index contributed by atoms with van der Waals surface area (Å²) >= 11 is 3.27. The first-order valence-electron chi connectivity index (χ1n) is 4.95. The minimum Gasteiger partial charge on any atom is -0.494 e. The van der Waals surface area contributed by atoms with Gasteiger partial charge in [0, 0.05) is 11.4 Å². The van der Waals surface area contributed by atoms with Crippen LogP contribution in [0.2, 0.25) is 0 Å². The summed E-state index contributed by atoms with van der Waals surface area (Å²) in [5.74, 6) is 0.371. The number of hydrogen-bond acceptors (Lipinski definition) is 5. The summed E-state index contributed by atoms with van der Waals surface area (Å²) in [6.07, 6.45) is 1.72. The van der Waals surface area contributed by atoms with E-state index in [9.17, 15) is 10.1 Å². The molecule has 0 unspecified atom stereocenters. The van der Waals surface area contributed by atoms with Crippen molar-refractivity contribution in [2.45, 2.75) is 5.33 Å². The molecule has 8 heteroatoms. The Hall–Kier alpha value is -1.96. The molecule has 0 radical (unpaired) electrons. The van der Waals surface area contributed by atoms with Gasteiger partial charge in [-0.3, -0.25) is 10.1 Å². The van der Waals surface area contributed by atoms with Crippen LogP contribution in [0.1, 0.15) is 5.69 Å². The summed E-state index contributed by atoms with van der Waals surface area (Å²) in [7, 11) is 1.45. The third kappa shape index (κ3) is 2.33. The van der Waals surface area contributed by atoms with Crippen molar-refractivity contribution < 1.29 is 9.66 Å². The Balaban J connectivity index is 2.47. The van der Waals surface area contributed by atoms with Gasteiger partial charge in [0.25, 0.3) is 5.69 Å². The highest BCUT2D eigenvalue weighted by molar-refractivity contribution is 9.08. The minimum atomic E-state index is -0.475. The summed E-state index contributed by atoms with van der Waals surface area (Å²) in [5, 5.41) is 19.1. The molecule has 2 rings (SSSR count). The fourth-order valence-electron chi connectivity index (χ4n) is 1.45. The Labute approximate surface area is 111 Å². The van der Waals surface area contributed by atoms with E-state index in [-0.39, 0.29) is 5.69 Å². The summed E-state index contributed by atoms with van der Waals surface area (Å²) in [4.78, 5) is 10.2. The van der Waals surface area contributed by atoms with Gasteiger partial charge in [0.15, 0.2) is 5.75 Å². The zero-order valence-corrected chi connectivity index (χ0v) is 11.0. The van der Waals surface area contributed by atoms with Gasteiger partial charge in [0.1, 0.15) is 5.69 Å². The number of nitro groups is 1. The molecule has 0 fully saturated rings. The monoisotopic (exact) mass is 312 g/mol. The second-order valence-corrected chi connectivity index (χ2v) is 3.96. The number of nitrogens with zero attached hydrogens (tertiary/aromatic N) is 4. The van der Waals surface area contributed by atoms with Crippen LogP contribution in [0.4, 0.5) is 5.69 Å². The van der Waals surface area contributed by atoms with Crippen molar-refractivity contribution in [1.82, 2.24) is 15.0 Å². The normalized spacial score (nSPS) is 10.3. The molecule has 0 N–H and O–H groups in total. The molecule has 1 aromatic carbocycles. The average Bonchev–Trinajstić information content (AvgIpc) is 2.86. The number of nitro benzene ring substituents is 1. The maximum absolute atomic E-state index is 10.7. The van der Waals surface area contributed by atoms with Crippen LogP contribution in [0.25, 0.3) is 5.69 Å². The number of rotatable bonds is 4. The maximum atomic E-state index is 10.7. The SMILES string of the molecule is COc1cc([N+](=O)[O-])ccc1-n1cc(CBr)nn1. The molecule has 0 saturated heterocycles. The van der Waals surface area contributed by atoms with Crippen molar-refractivity contribution in [3.05, 3.63) is 40.2 Å². The van der Waals surface area contributed by atoms with Crippen molar-refractivity contribution in [3.63, 3.8) is 0 Å². The molecule has 0 aliphatic rings. The Morgan fingerprint density at radius 1 is 1.56 bits per heavy atom. The fourth-order valence-corrected chi connectivity index (χ4v) is 1.70. The quantitative estimate of drug-likeness (QED) is 0.490. The first kappa shape index (κ1) is 12.5. The van der Waals surface area contributed by atoms with Gasteiger partial charge in [-0.25, -0.2) is 4.68 Å². The van der Waals surface area contributed by atoms with Gasteiger partial charge in [0.2, 0.25) is 0 Å². The van der Waals surface area contributed by atoms with Crippen LogP contribution in [0.5, 0.6) is 5.75 Å². The van der Waals surface area contributed by atoms with Crippen molar-refractivity contribution >= 4 is 21.6 Å². The highest BCUT2D eigenvalue weighted by Crippen LogP contribution is 2.27. The minimum absolute atomic E-state index is 0.0311. The Kier molecular flexibility index (Phi) is 3.56. The van der Waals surface area contributed by atoms with E-state index >= 15 is 0 Å². The molecule has 1 heterocycles. The summed E-state index contributed by atoms with van der Waals surface area (Å²) in [5.41, 5.74) is 1.33. The lowest BCUT2D eigenvalue weighted by Gasteiger charge is -2.06. The van der Waals surface area contributed by atoms with E-state index in [2.05, 4.69) is 26.2 Å². The first-order chi connectivity index (χ1) is 8.65. The zero-order chi connectivity index (χ0) is 13.1. The van der Waals surface area contributed by atoms with E-state index in [4.69, 9.17) is 4.74 Å².